The molecule has 1 heterocycles. The smallest absolute Gasteiger partial charge is 0.244 e. The number of rotatable bonds is 5. The van der Waals surface area contributed by atoms with E-state index in [4.69, 9.17) is 0 Å². The Morgan fingerprint density at radius 2 is 1.79 bits per heavy atom. The molecule has 0 saturated carbocycles. The van der Waals surface area contributed by atoms with Crippen LogP contribution in [-0.4, -0.2) is 26.1 Å². The van der Waals surface area contributed by atoms with E-state index in [9.17, 15) is 4.79 Å². The predicted molar refractivity (Wildman–Crippen MR) is 108 cm³/mol. The first-order chi connectivity index (χ1) is 13.6. The summed E-state index contributed by atoms with van der Waals surface area (Å²) >= 11 is 0. The third-order valence-corrected chi connectivity index (χ3v) is 4.71. The van der Waals surface area contributed by atoms with E-state index in [0.717, 1.165) is 27.5 Å². The Hall–Kier alpha value is -3.54. The van der Waals surface area contributed by atoms with Gasteiger partial charge in [0.25, 0.3) is 0 Å². The molecule has 28 heavy (non-hydrogen) atoms. The van der Waals surface area contributed by atoms with Crippen LogP contribution in [-0.2, 0) is 11.3 Å². The van der Waals surface area contributed by atoms with Crippen LogP contribution in [0.3, 0.4) is 0 Å². The maximum atomic E-state index is 12.5. The van der Waals surface area contributed by atoms with Gasteiger partial charge in [0.15, 0.2) is 0 Å². The van der Waals surface area contributed by atoms with Crippen LogP contribution < -0.4 is 5.32 Å². The lowest BCUT2D eigenvalue weighted by Gasteiger charge is -2.16. The zero-order valence-corrected chi connectivity index (χ0v) is 15.8. The van der Waals surface area contributed by atoms with Crippen LogP contribution in [0.15, 0.2) is 66.7 Å². The SMILES string of the molecule is Cc1ccc(-c2nnn(CC(=O)N[C@H](C)c3cccc4ccccc34)n2)cc1. The van der Waals surface area contributed by atoms with Gasteiger partial charge in [-0.25, -0.2) is 0 Å². The summed E-state index contributed by atoms with van der Waals surface area (Å²) in [4.78, 5) is 13.8. The zero-order chi connectivity index (χ0) is 19.5. The summed E-state index contributed by atoms with van der Waals surface area (Å²) in [5.41, 5.74) is 3.12. The van der Waals surface area contributed by atoms with E-state index < -0.39 is 0 Å². The standard InChI is InChI=1S/C22H21N5O/c1-15-10-12-18(13-11-15)22-24-26-27(25-22)14-21(28)23-16(2)19-9-5-7-17-6-3-4-8-20(17)19/h3-13,16H,14H2,1-2H3,(H,23,28)/t16-/m1/s1. The molecule has 0 bridgehead atoms. The summed E-state index contributed by atoms with van der Waals surface area (Å²) in [6.45, 7) is 4.02. The molecule has 1 aromatic heterocycles. The highest BCUT2D eigenvalue weighted by Gasteiger charge is 2.14. The summed E-state index contributed by atoms with van der Waals surface area (Å²) in [5, 5.41) is 17.7. The van der Waals surface area contributed by atoms with Crippen LogP contribution in [0.5, 0.6) is 0 Å². The fourth-order valence-corrected chi connectivity index (χ4v) is 3.25. The van der Waals surface area contributed by atoms with Crippen molar-refractivity contribution in [2.45, 2.75) is 26.4 Å². The van der Waals surface area contributed by atoms with Crippen LogP contribution >= 0.6 is 0 Å². The molecule has 0 aliphatic carbocycles. The van der Waals surface area contributed by atoms with Crippen molar-refractivity contribution in [1.29, 1.82) is 0 Å². The maximum Gasteiger partial charge on any atom is 0.244 e. The number of nitrogens with one attached hydrogen (secondary N) is 1. The van der Waals surface area contributed by atoms with Crippen molar-refractivity contribution in [3.63, 3.8) is 0 Å². The number of amides is 1. The molecule has 1 amide bonds. The Kier molecular flexibility index (Phi) is 4.85. The molecule has 0 fully saturated rings. The van der Waals surface area contributed by atoms with Crippen molar-refractivity contribution in [2.24, 2.45) is 0 Å². The molecule has 1 N–H and O–H groups in total. The van der Waals surface area contributed by atoms with Gasteiger partial charge in [-0.3, -0.25) is 4.79 Å². The highest BCUT2D eigenvalue weighted by Crippen LogP contribution is 2.24. The van der Waals surface area contributed by atoms with Crippen LogP contribution in [0.25, 0.3) is 22.2 Å². The van der Waals surface area contributed by atoms with Crippen LogP contribution in [0, 0.1) is 6.92 Å². The molecule has 6 nitrogen and oxygen atoms in total. The number of nitrogens with zero attached hydrogens (tertiary/aromatic N) is 4. The molecule has 4 rings (SSSR count). The lowest BCUT2D eigenvalue weighted by atomic mass is 10.00. The maximum absolute atomic E-state index is 12.5. The first kappa shape index (κ1) is 17.9. The molecule has 4 aromatic rings. The Bertz CT molecular complexity index is 1110. The van der Waals surface area contributed by atoms with Crippen molar-refractivity contribution in [2.75, 3.05) is 0 Å². The topological polar surface area (TPSA) is 72.7 Å². The van der Waals surface area contributed by atoms with E-state index in [2.05, 4.69) is 38.9 Å². The number of hydrogen-bond acceptors (Lipinski definition) is 4. The van der Waals surface area contributed by atoms with E-state index >= 15 is 0 Å². The minimum Gasteiger partial charge on any atom is -0.348 e. The van der Waals surface area contributed by atoms with Gasteiger partial charge >= 0.3 is 0 Å². The van der Waals surface area contributed by atoms with Gasteiger partial charge < -0.3 is 5.32 Å². The fraction of sp³-hybridized carbons (Fsp3) is 0.182. The van der Waals surface area contributed by atoms with Crippen molar-refractivity contribution < 1.29 is 4.79 Å². The van der Waals surface area contributed by atoms with Gasteiger partial charge in [-0.2, -0.15) is 4.80 Å². The van der Waals surface area contributed by atoms with Gasteiger partial charge in [0.1, 0.15) is 6.54 Å². The first-order valence-corrected chi connectivity index (χ1v) is 9.22. The van der Waals surface area contributed by atoms with Gasteiger partial charge in [-0.05, 0) is 35.4 Å². The normalized spacial score (nSPS) is 12.1. The second-order valence-electron chi connectivity index (χ2n) is 6.87. The Morgan fingerprint density at radius 3 is 2.61 bits per heavy atom. The van der Waals surface area contributed by atoms with Gasteiger partial charge in [0, 0.05) is 5.56 Å². The molecule has 3 aromatic carbocycles. The van der Waals surface area contributed by atoms with Crippen LogP contribution in [0.4, 0.5) is 0 Å². The molecule has 0 radical (unpaired) electrons. The lowest BCUT2D eigenvalue weighted by molar-refractivity contribution is -0.122. The van der Waals surface area contributed by atoms with Gasteiger partial charge in [-0.15, -0.1) is 10.2 Å². The Balaban J connectivity index is 1.45. The molecule has 1 atom stereocenters. The molecule has 0 unspecified atom stereocenters. The van der Waals surface area contributed by atoms with Crippen molar-refractivity contribution in [1.82, 2.24) is 25.5 Å². The minimum absolute atomic E-state index is 0.0218. The van der Waals surface area contributed by atoms with Crippen molar-refractivity contribution in [3.8, 4) is 11.4 Å². The summed E-state index contributed by atoms with van der Waals surface area (Å²) in [5.74, 6) is 0.350. The molecule has 140 valence electrons. The minimum atomic E-state index is -0.159. The largest absolute Gasteiger partial charge is 0.348 e. The molecule has 0 aliphatic heterocycles. The van der Waals surface area contributed by atoms with Gasteiger partial charge in [0.05, 0.1) is 6.04 Å². The molecule has 0 aliphatic rings. The predicted octanol–water partition coefficient (Wildman–Crippen LogP) is 3.68. The molecule has 0 spiro atoms. The van der Waals surface area contributed by atoms with Crippen molar-refractivity contribution in [3.05, 3.63) is 77.9 Å². The third-order valence-electron chi connectivity index (χ3n) is 4.71. The number of carbonyl (C=O) groups is 1. The van der Waals surface area contributed by atoms with E-state index in [1.807, 2.05) is 62.4 Å². The van der Waals surface area contributed by atoms with E-state index in [0.29, 0.717) is 5.82 Å². The molecule has 6 heteroatoms. The number of aryl methyl sites for hydroxylation is 1. The molecular weight excluding hydrogens is 350 g/mol. The second kappa shape index (κ2) is 7.60. The summed E-state index contributed by atoms with van der Waals surface area (Å²) in [6.07, 6.45) is 0. The second-order valence-corrected chi connectivity index (χ2v) is 6.87. The highest BCUT2D eigenvalue weighted by atomic mass is 16.2. The fourth-order valence-electron chi connectivity index (χ4n) is 3.25. The number of tetrazole rings is 1. The summed E-state index contributed by atoms with van der Waals surface area (Å²) < 4.78 is 0. The number of hydrogen-bond donors (Lipinski definition) is 1. The lowest BCUT2D eigenvalue weighted by Crippen LogP contribution is -2.31. The average molecular weight is 371 g/mol. The van der Waals surface area contributed by atoms with Crippen LogP contribution in [0.2, 0.25) is 0 Å². The Labute approximate surface area is 163 Å². The number of benzene rings is 3. The molecule has 0 saturated heterocycles. The van der Waals surface area contributed by atoms with E-state index in [-0.39, 0.29) is 18.5 Å². The van der Waals surface area contributed by atoms with E-state index in [1.54, 1.807) is 0 Å². The van der Waals surface area contributed by atoms with E-state index in [1.165, 1.54) is 4.80 Å². The number of carbonyl (C=O) groups excluding carboxylic acids is 1. The monoisotopic (exact) mass is 371 g/mol. The summed E-state index contributed by atoms with van der Waals surface area (Å²) in [6, 6.07) is 22.0. The van der Waals surface area contributed by atoms with Gasteiger partial charge in [-0.1, -0.05) is 72.3 Å². The average Bonchev–Trinajstić information content (AvgIpc) is 3.16. The zero-order valence-electron chi connectivity index (χ0n) is 15.8. The highest BCUT2D eigenvalue weighted by molar-refractivity contribution is 5.86. The van der Waals surface area contributed by atoms with Gasteiger partial charge in [0.2, 0.25) is 11.7 Å². The first-order valence-electron chi connectivity index (χ1n) is 9.22. The quantitative estimate of drug-likeness (QED) is 0.581. The summed E-state index contributed by atoms with van der Waals surface area (Å²) in [7, 11) is 0. The van der Waals surface area contributed by atoms with Crippen molar-refractivity contribution >= 4 is 16.7 Å². The van der Waals surface area contributed by atoms with Crippen LogP contribution in [0.1, 0.15) is 24.1 Å². The third kappa shape index (κ3) is 3.76. The number of aromatic nitrogens is 4. The molecular formula is C22H21N5O. The Morgan fingerprint density at radius 1 is 1.04 bits per heavy atom. The number of fused-ring (bicyclic) bond motifs is 1.